The molecule has 1 unspecified atom stereocenters. The van der Waals surface area contributed by atoms with Crippen LogP contribution in [0.1, 0.15) is 46.5 Å². The van der Waals surface area contributed by atoms with Crippen LogP contribution in [-0.2, 0) is 9.22 Å². The molecule has 0 aromatic rings. The van der Waals surface area contributed by atoms with E-state index in [2.05, 4.69) is 33.9 Å². The third kappa shape index (κ3) is 3.42. The van der Waals surface area contributed by atoms with Crippen molar-refractivity contribution in [1.82, 2.24) is 0 Å². The Kier molecular flexibility index (Phi) is 4.35. The molecule has 0 spiro atoms. The second-order valence-electron chi connectivity index (χ2n) is 6.48. The smallest absolute Gasteiger partial charge is 0.192 e. The molecule has 0 N–H and O–H groups in total. The van der Waals surface area contributed by atoms with Crippen molar-refractivity contribution in [2.24, 2.45) is 5.92 Å². The fraction of sp³-hybridized carbons (Fsp3) is 0.923. The van der Waals surface area contributed by atoms with Gasteiger partial charge in [-0.2, -0.15) is 0 Å². The van der Waals surface area contributed by atoms with Gasteiger partial charge in [0.05, 0.1) is 0 Å². The van der Waals surface area contributed by atoms with E-state index in [4.69, 9.17) is 4.43 Å². The lowest BCUT2D eigenvalue weighted by Gasteiger charge is -2.37. The maximum atomic E-state index is 11.7. The maximum absolute atomic E-state index is 11.7. The van der Waals surface area contributed by atoms with Crippen LogP contribution in [0.4, 0.5) is 0 Å². The Balaban J connectivity index is 2.47. The van der Waals surface area contributed by atoms with Crippen LogP contribution in [-0.4, -0.2) is 20.7 Å². The first-order valence-electron chi connectivity index (χ1n) is 6.41. The van der Waals surface area contributed by atoms with Gasteiger partial charge >= 0.3 is 0 Å². The first-order valence-corrected chi connectivity index (χ1v) is 9.31. The summed E-state index contributed by atoms with van der Waals surface area (Å²) < 4.78 is 6.12. The van der Waals surface area contributed by atoms with Crippen molar-refractivity contribution in [3.05, 3.63) is 0 Å². The average molecular weight is 242 g/mol. The largest absolute Gasteiger partial charge is 0.416 e. The summed E-state index contributed by atoms with van der Waals surface area (Å²) in [6.45, 7) is 11.9. The molecule has 0 amide bonds. The van der Waals surface area contributed by atoms with Crippen molar-refractivity contribution in [3.63, 3.8) is 0 Å². The summed E-state index contributed by atoms with van der Waals surface area (Å²) in [4.78, 5) is 11.7. The zero-order valence-electron chi connectivity index (χ0n) is 11.4. The summed E-state index contributed by atoms with van der Waals surface area (Å²) in [5.74, 6) is 0.604. The number of hydrogen-bond donors (Lipinski definition) is 0. The van der Waals surface area contributed by atoms with Gasteiger partial charge in [-0.3, -0.25) is 4.79 Å². The normalized spacial score (nSPS) is 23.6. The molecule has 0 saturated heterocycles. The van der Waals surface area contributed by atoms with E-state index in [9.17, 15) is 4.79 Å². The summed E-state index contributed by atoms with van der Waals surface area (Å²) in [6.07, 6.45) is 4.08. The van der Waals surface area contributed by atoms with E-state index in [-0.39, 0.29) is 11.0 Å². The van der Waals surface area contributed by atoms with Gasteiger partial charge in [-0.05, 0) is 31.0 Å². The lowest BCUT2D eigenvalue weighted by molar-refractivity contribution is -0.125. The Labute approximate surface area is 101 Å². The highest BCUT2D eigenvalue weighted by molar-refractivity contribution is 6.74. The number of rotatable bonds is 3. The average Bonchev–Trinajstić information content (AvgIpc) is 2.15. The highest BCUT2D eigenvalue weighted by Crippen LogP contribution is 2.37. The van der Waals surface area contributed by atoms with E-state index >= 15 is 0 Å². The molecule has 0 radical (unpaired) electrons. The molecule has 1 atom stereocenters. The third-order valence-corrected chi connectivity index (χ3v) is 8.63. The highest BCUT2D eigenvalue weighted by Gasteiger charge is 2.38. The fourth-order valence-electron chi connectivity index (χ4n) is 1.76. The van der Waals surface area contributed by atoms with E-state index in [1.54, 1.807) is 0 Å². The molecule has 0 aromatic carbocycles. The monoisotopic (exact) mass is 242 g/mol. The summed E-state index contributed by atoms with van der Waals surface area (Å²) in [6, 6.07) is 0. The number of carbonyl (C=O) groups is 1. The Morgan fingerprint density at radius 2 is 1.94 bits per heavy atom. The maximum Gasteiger partial charge on any atom is 0.192 e. The Morgan fingerprint density at radius 1 is 1.31 bits per heavy atom. The lowest BCUT2D eigenvalue weighted by Crippen LogP contribution is -2.43. The first kappa shape index (κ1) is 13.9. The van der Waals surface area contributed by atoms with Crippen LogP contribution in [0.3, 0.4) is 0 Å². The molecule has 0 bridgehead atoms. The predicted molar refractivity (Wildman–Crippen MR) is 70.1 cm³/mol. The predicted octanol–water partition coefficient (Wildman–Crippen LogP) is 3.77. The number of ketones is 1. The molecule has 0 aromatic heterocycles. The van der Waals surface area contributed by atoms with Crippen LogP contribution in [0.2, 0.25) is 18.1 Å². The number of Topliss-reactive ketones (excluding diaryl/α,β-unsaturated/α-hetero) is 1. The van der Waals surface area contributed by atoms with Crippen LogP contribution in [0.5, 0.6) is 0 Å². The molecule has 16 heavy (non-hydrogen) atoms. The summed E-state index contributed by atoms with van der Waals surface area (Å²) in [5.41, 5.74) is 0. The van der Waals surface area contributed by atoms with Crippen LogP contribution in [0, 0.1) is 5.92 Å². The van der Waals surface area contributed by atoms with Crippen LogP contribution in [0.25, 0.3) is 0 Å². The molecule has 2 nitrogen and oxygen atoms in total. The minimum absolute atomic E-state index is 0.183. The highest BCUT2D eigenvalue weighted by atomic mass is 28.4. The zero-order chi connectivity index (χ0) is 12.4. The summed E-state index contributed by atoms with van der Waals surface area (Å²) in [7, 11) is -1.67. The van der Waals surface area contributed by atoms with Crippen molar-refractivity contribution in [2.75, 3.05) is 6.61 Å². The van der Waals surface area contributed by atoms with Crippen molar-refractivity contribution in [1.29, 1.82) is 0 Å². The van der Waals surface area contributed by atoms with Crippen LogP contribution < -0.4 is 0 Å². The first-order chi connectivity index (χ1) is 7.24. The minimum atomic E-state index is -1.67. The second kappa shape index (κ2) is 5.01. The molecular formula is C13H26O2Si. The molecule has 3 heteroatoms. The standard InChI is InChI=1S/C13H26O2Si/c1-13(2,3)16(4,5)15-10-11-8-6-7-9-12(11)14/h11H,6-10H2,1-5H3. The third-order valence-electron chi connectivity index (χ3n) is 4.13. The molecule has 0 aliphatic heterocycles. The Morgan fingerprint density at radius 3 is 2.44 bits per heavy atom. The van der Waals surface area contributed by atoms with Gasteiger partial charge in [-0.15, -0.1) is 0 Å². The molecule has 94 valence electrons. The van der Waals surface area contributed by atoms with Gasteiger partial charge in [0.15, 0.2) is 8.32 Å². The lowest BCUT2D eigenvalue weighted by atomic mass is 9.89. The van der Waals surface area contributed by atoms with Gasteiger partial charge in [0.2, 0.25) is 0 Å². The fourth-order valence-corrected chi connectivity index (χ4v) is 2.81. The van der Waals surface area contributed by atoms with Crippen LogP contribution in [0.15, 0.2) is 0 Å². The molecular weight excluding hydrogens is 216 g/mol. The topological polar surface area (TPSA) is 26.3 Å². The van der Waals surface area contributed by atoms with Gasteiger partial charge in [0.25, 0.3) is 0 Å². The van der Waals surface area contributed by atoms with Crippen molar-refractivity contribution >= 4 is 14.1 Å². The molecule has 1 aliphatic rings. The van der Waals surface area contributed by atoms with E-state index in [1.807, 2.05) is 0 Å². The van der Waals surface area contributed by atoms with Gasteiger partial charge < -0.3 is 4.43 Å². The van der Waals surface area contributed by atoms with Gasteiger partial charge in [0.1, 0.15) is 5.78 Å². The summed E-state index contributed by atoms with van der Waals surface area (Å²) in [5, 5.41) is 0.241. The zero-order valence-corrected chi connectivity index (χ0v) is 12.4. The van der Waals surface area contributed by atoms with Crippen molar-refractivity contribution in [3.8, 4) is 0 Å². The van der Waals surface area contributed by atoms with E-state index < -0.39 is 8.32 Å². The van der Waals surface area contributed by atoms with Crippen LogP contribution >= 0.6 is 0 Å². The summed E-state index contributed by atoms with van der Waals surface area (Å²) >= 11 is 0. The van der Waals surface area contributed by atoms with Gasteiger partial charge in [-0.1, -0.05) is 27.2 Å². The van der Waals surface area contributed by atoms with E-state index in [1.165, 1.54) is 6.42 Å². The van der Waals surface area contributed by atoms with Crippen molar-refractivity contribution in [2.45, 2.75) is 64.6 Å². The Hall–Kier alpha value is -0.153. The molecule has 0 heterocycles. The number of carbonyl (C=O) groups excluding carboxylic acids is 1. The van der Waals surface area contributed by atoms with Crippen molar-refractivity contribution < 1.29 is 9.22 Å². The quantitative estimate of drug-likeness (QED) is 0.704. The van der Waals surface area contributed by atoms with E-state index in [0.29, 0.717) is 12.4 Å². The van der Waals surface area contributed by atoms with Gasteiger partial charge in [-0.25, -0.2) is 0 Å². The Bertz CT molecular complexity index is 253. The molecule has 1 saturated carbocycles. The molecule has 1 aliphatic carbocycles. The second-order valence-corrected chi connectivity index (χ2v) is 11.3. The number of hydrogen-bond acceptors (Lipinski definition) is 2. The molecule has 1 fully saturated rings. The van der Waals surface area contributed by atoms with E-state index in [0.717, 1.165) is 19.3 Å². The minimum Gasteiger partial charge on any atom is -0.416 e. The SMILES string of the molecule is CC(C)(C)[Si](C)(C)OCC1CCCCC1=O. The van der Waals surface area contributed by atoms with Gasteiger partial charge in [0, 0.05) is 18.9 Å². The molecule has 1 rings (SSSR count).